The maximum Gasteiger partial charge on any atom is 0.251 e. The molecule has 6 nitrogen and oxygen atoms in total. The Labute approximate surface area is 195 Å². The molecule has 0 saturated heterocycles. The topological polar surface area (TPSA) is 74.8 Å². The number of halogens is 1. The van der Waals surface area contributed by atoms with Gasteiger partial charge in [-0.15, -0.1) is 24.0 Å². The number of benzene rings is 2. The first-order valence-electron chi connectivity index (χ1n) is 10.2. The highest BCUT2D eigenvalue weighted by atomic mass is 127. The highest BCUT2D eigenvalue weighted by molar-refractivity contribution is 14.0. The fraction of sp³-hybridized carbons (Fsp3) is 0.391. The zero-order valence-corrected chi connectivity index (χ0v) is 19.9. The summed E-state index contributed by atoms with van der Waals surface area (Å²) in [5.74, 6) is 2.27. The van der Waals surface area contributed by atoms with Crippen LogP contribution in [0.3, 0.4) is 0 Å². The van der Waals surface area contributed by atoms with Crippen molar-refractivity contribution < 1.29 is 9.53 Å². The second-order valence-corrected chi connectivity index (χ2v) is 7.34. The van der Waals surface area contributed by atoms with Crippen molar-refractivity contribution in [2.24, 2.45) is 10.9 Å². The molecule has 0 spiro atoms. The second kappa shape index (κ2) is 12.4. The number of nitrogens with one attached hydrogen (secondary N) is 3. The smallest absolute Gasteiger partial charge is 0.251 e. The largest absolute Gasteiger partial charge is 0.493 e. The van der Waals surface area contributed by atoms with Gasteiger partial charge in [0.1, 0.15) is 5.75 Å². The molecule has 1 fully saturated rings. The summed E-state index contributed by atoms with van der Waals surface area (Å²) in [6, 6.07) is 15.5. The number of hydrogen-bond acceptors (Lipinski definition) is 3. The molecule has 3 N–H and O–H groups in total. The number of aliphatic imine (C=N–C) groups is 1. The van der Waals surface area contributed by atoms with Crippen LogP contribution in [0.4, 0.5) is 0 Å². The minimum Gasteiger partial charge on any atom is -0.493 e. The van der Waals surface area contributed by atoms with Crippen molar-refractivity contribution >= 4 is 35.8 Å². The Balaban J connectivity index is 0.00000320. The summed E-state index contributed by atoms with van der Waals surface area (Å²) in [7, 11) is 1.73. The maximum absolute atomic E-state index is 12.0. The van der Waals surface area contributed by atoms with E-state index in [9.17, 15) is 4.79 Å². The molecule has 0 radical (unpaired) electrons. The van der Waals surface area contributed by atoms with Crippen LogP contribution in [0.5, 0.6) is 5.75 Å². The fourth-order valence-corrected chi connectivity index (χ4v) is 2.88. The van der Waals surface area contributed by atoms with Gasteiger partial charge in [0, 0.05) is 37.8 Å². The highest BCUT2D eigenvalue weighted by Crippen LogP contribution is 2.30. The highest BCUT2D eigenvalue weighted by Gasteiger charge is 2.22. The first-order valence-corrected chi connectivity index (χ1v) is 10.2. The van der Waals surface area contributed by atoms with Gasteiger partial charge in [-0.1, -0.05) is 30.3 Å². The van der Waals surface area contributed by atoms with Crippen LogP contribution in [-0.2, 0) is 6.54 Å². The summed E-state index contributed by atoms with van der Waals surface area (Å²) >= 11 is 0. The number of hydrogen-bond donors (Lipinski definition) is 3. The lowest BCUT2D eigenvalue weighted by Crippen LogP contribution is -2.41. The van der Waals surface area contributed by atoms with E-state index < -0.39 is 0 Å². The van der Waals surface area contributed by atoms with Gasteiger partial charge in [0.2, 0.25) is 0 Å². The van der Waals surface area contributed by atoms with E-state index in [-0.39, 0.29) is 29.9 Å². The Morgan fingerprint density at radius 3 is 2.50 bits per heavy atom. The molecule has 2 aromatic carbocycles. The molecule has 162 valence electrons. The van der Waals surface area contributed by atoms with Crippen molar-refractivity contribution in [2.45, 2.75) is 26.3 Å². The van der Waals surface area contributed by atoms with E-state index in [1.165, 1.54) is 18.4 Å². The van der Waals surface area contributed by atoms with E-state index in [0.717, 1.165) is 23.8 Å². The lowest BCUT2D eigenvalue weighted by Gasteiger charge is -2.15. The molecule has 0 bridgehead atoms. The number of carbonyl (C=O) groups is 1. The van der Waals surface area contributed by atoms with Crippen molar-refractivity contribution in [3.8, 4) is 5.75 Å². The molecule has 0 unspecified atom stereocenters. The number of rotatable bonds is 9. The van der Waals surface area contributed by atoms with Gasteiger partial charge in [-0.05, 0) is 49.4 Å². The Bertz CT molecular complexity index is 838. The molecule has 1 aliphatic rings. The molecule has 0 aromatic heterocycles. The van der Waals surface area contributed by atoms with Crippen molar-refractivity contribution in [2.75, 3.05) is 26.7 Å². The molecule has 0 atom stereocenters. The molecule has 1 saturated carbocycles. The second-order valence-electron chi connectivity index (χ2n) is 7.34. The van der Waals surface area contributed by atoms with E-state index in [1.54, 1.807) is 19.2 Å². The molecule has 3 rings (SSSR count). The summed E-state index contributed by atoms with van der Waals surface area (Å²) in [6.45, 7) is 4.58. The standard InChI is InChI=1S/C23H30N4O2.HI/c1-17-8-11-20(21(14-17)29-16-18-9-10-18)15-27-23(24-2)26-13-12-25-22(28)19-6-4-3-5-7-19;/h3-8,11,14,18H,9-10,12-13,15-16H2,1-2H3,(H,25,28)(H2,24,26,27);1H. The Kier molecular flexibility index (Phi) is 9.93. The van der Waals surface area contributed by atoms with Crippen molar-refractivity contribution in [3.05, 3.63) is 65.2 Å². The molecule has 0 aliphatic heterocycles. The summed E-state index contributed by atoms with van der Waals surface area (Å²) in [4.78, 5) is 16.3. The van der Waals surface area contributed by atoms with Crippen LogP contribution >= 0.6 is 24.0 Å². The molecule has 1 amide bonds. The normalized spacial score (nSPS) is 13.2. The van der Waals surface area contributed by atoms with Crippen molar-refractivity contribution in [3.63, 3.8) is 0 Å². The third-order valence-corrected chi connectivity index (χ3v) is 4.80. The van der Waals surface area contributed by atoms with Crippen LogP contribution in [0.2, 0.25) is 0 Å². The monoisotopic (exact) mass is 522 g/mol. The van der Waals surface area contributed by atoms with E-state index in [1.807, 2.05) is 18.2 Å². The van der Waals surface area contributed by atoms with Crippen LogP contribution in [-0.4, -0.2) is 38.6 Å². The lowest BCUT2D eigenvalue weighted by molar-refractivity contribution is 0.0954. The molecular formula is C23H31IN4O2. The molecule has 1 aliphatic carbocycles. The maximum atomic E-state index is 12.0. The van der Waals surface area contributed by atoms with Gasteiger partial charge in [0.25, 0.3) is 5.91 Å². The lowest BCUT2D eigenvalue weighted by atomic mass is 10.1. The third-order valence-electron chi connectivity index (χ3n) is 4.80. The summed E-state index contributed by atoms with van der Waals surface area (Å²) in [6.07, 6.45) is 2.55. The number of guanidine groups is 1. The predicted molar refractivity (Wildman–Crippen MR) is 132 cm³/mol. The van der Waals surface area contributed by atoms with Crippen molar-refractivity contribution in [1.29, 1.82) is 0 Å². The minimum atomic E-state index is -0.0764. The number of nitrogens with zero attached hydrogens (tertiary/aromatic N) is 1. The van der Waals surface area contributed by atoms with Crippen LogP contribution in [0, 0.1) is 12.8 Å². The summed E-state index contributed by atoms with van der Waals surface area (Å²) in [5.41, 5.74) is 2.96. The summed E-state index contributed by atoms with van der Waals surface area (Å²) < 4.78 is 6.03. The zero-order valence-electron chi connectivity index (χ0n) is 17.6. The van der Waals surface area contributed by atoms with E-state index in [4.69, 9.17) is 4.74 Å². The Morgan fingerprint density at radius 2 is 1.80 bits per heavy atom. The molecule has 2 aromatic rings. The number of aryl methyl sites for hydroxylation is 1. The average molecular weight is 522 g/mol. The third kappa shape index (κ3) is 7.85. The Hall–Kier alpha value is -2.29. The number of carbonyl (C=O) groups excluding carboxylic acids is 1. The predicted octanol–water partition coefficient (Wildman–Crippen LogP) is 3.50. The van der Waals surface area contributed by atoms with Gasteiger partial charge >= 0.3 is 0 Å². The molecule has 7 heteroatoms. The Morgan fingerprint density at radius 1 is 1.07 bits per heavy atom. The van der Waals surface area contributed by atoms with Crippen LogP contribution in [0.15, 0.2) is 53.5 Å². The number of ether oxygens (including phenoxy) is 1. The zero-order chi connectivity index (χ0) is 20.5. The van der Waals surface area contributed by atoms with E-state index in [0.29, 0.717) is 31.2 Å². The summed E-state index contributed by atoms with van der Waals surface area (Å²) in [5, 5.41) is 9.43. The first kappa shape index (κ1) is 24.0. The van der Waals surface area contributed by atoms with Gasteiger partial charge in [0.05, 0.1) is 6.61 Å². The SMILES string of the molecule is CN=C(NCCNC(=O)c1ccccc1)NCc1ccc(C)cc1OCC1CC1.I. The van der Waals surface area contributed by atoms with Crippen LogP contribution in [0.25, 0.3) is 0 Å². The number of amides is 1. The van der Waals surface area contributed by atoms with Gasteiger partial charge in [-0.25, -0.2) is 0 Å². The van der Waals surface area contributed by atoms with Crippen LogP contribution < -0.4 is 20.7 Å². The van der Waals surface area contributed by atoms with Crippen molar-refractivity contribution in [1.82, 2.24) is 16.0 Å². The molecule has 30 heavy (non-hydrogen) atoms. The van der Waals surface area contributed by atoms with Gasteiger partial charge in [-0.2, -0.15) is 0 Å². The van der Waals surface area contributed by atoms with Gasteiger partial charge in [-0.3, -0.25) is 9.79 Å². The van der Waals surface area contributed by atoms with Crippen LogP contribution in [0.1, 0.15) is 34.3 Å². The van der Waals surface area contributed by atoms with Gasteiger partial charge in [0.15, 0.2) is 5.96 Å². The van der Waals surface area contributed by atoms with Gasteiger partial charge < -0.3 is 20.7 Å². The molecular weight excluding hydrogens is 491 g/mol. The quantitative estimate of drug-likeness (QED) is 0.204. The molecule has 0 heterocycles. The fourth-order valence-electron chi connectivity index (χ4n) is 2.88. The van der Waals surface area contributed by atoms with E-state index in [2.05, 4.69) is 46.1 Å². The minimum absolute atomic E-state index is 0. The average Bonchev–Trinajstić information content (AvgIpc) is 3.57. The van der Waals surface area contributed by atoms with E-state index >= 15 is 0 Å². The first-order chi connectivity index (χ1) is 14.2.